The van der Waals surface area contributed by atoms with E-state index in [-0.39, 0.29) is 0 Å². The molecule has 0 unspecified atom stereocenters. The van der Waals surface area contributed by atoms with Gasteiger partial charge in [-0.15, -0.1) is 0 Å². The number of benzene rings is 1. The van der Waals surface area contributed by atoms with Gasteiger partial charge >= 0.3 is 0 Å². The number of hydrogen-bond acceptors (Lipinski definition) is 5. The third-order valence-corrected chi connectivity index (χ3v) is 8.49. The number of phenolic OH excluding ortho intramolecular Hbond substituents is 1. The molecule has 2 spiro atoms. The average molecular weight is 386 g/mol. The lowest BCUT2D eigenvalue weighted by atomic mass is 9.53. The molecule has 4 bridgehead atoms. The number of rotatable bonds is 2. The quantitative estimate of drug-likeness (QED) is 0.741. The van der Waals surface area contributed by atoms with Crippen LogP contribution in [0.1, 0.15) is 74.8 Å². The summed E-state index contributed by atoms with van der Waals surface area (Å²) in [6.45, 7) is 0.365. The second-order valence-electron chi connectivity index (χ2n) is 10.1. The van der Waals surface area contributed by atoms with Crippen molar-refractivity contribution in [1.29, 1.82) is 0 Å². The monoisotopic (exact) mass is 385 g/mol. The van der Waals surface area contributed by atoms with Crippen LogP contribution in [0.2, 0.25) is 0 Å². The molecule has 1 saturated heterocycles. The maximum absolute atomic E-state index is 9.91. The molecular weight excluding hydrogens is 354 g/mol. The third kappa shape index (κ3) is 2.53. The van der Waals surface area contributed by atoms with E-state index in [9.17, 15) is 5.11 Å². The van der Waals surface area contributed by atoms with Gasteiger partial charge in [-0.3, -0.25) is 0 Å². The highest BCUT2D eigenvalue weighted by atomic mass is 17.3. The summed E-state index contributed by atoms with van der Waals surface area (Å²) < 4.78 is 6.80. The standard InChI is InChI=1S/C23H31NO4/c24-13-18-12-17(1-2-21(18)25)16-3-5-22(6-4-16)26-23(28-27-22)19-8-14-7-15(10-19)11-20(23)9-14/h1-2,12,14-16,19-20,25H,3-11,13,24H2/t14?,15?,16-,19?,20?,22+,23-. The second-order valence-corrected chi connectivity index (χ2v) is 10.1. The second kappa shape index (κ2) is 6.18. The van der Waals surface area contributed by atoms with Crippen molar-refractivity contribution in [1.82, 2.24) is 0 Å². The van der Waals surface area contributed by atoms with Gasteiger partial charge in [0.25, 0.3) is 0 Å². The highest BCUT2D eigenvalue weighted by Crippen LogP contribution is 2.64. The molecule has 1 heterocycles. The molecule has 1 aromatic carbocycles. The van der Waals surface area contributed by atoms with E-state index >= 15 is 0 Å². The van der Waals surface area contributed by atoms with Crippen molar-refractivity contribution >= 4 is 0 Å². The van der Waals surface area contributed by atoms with Crippen molar-refractivity contribution in [3.8, 4) is 5.75 Å². The number of hydrogen-bond donors (Lipinski definition) is 2. The Hall–Kier alpha value is -1.14. The Morgan fingerprint density at radius 2 is 1.64 bits per heavy atom. The minimum atomic E-state index is -0.556. The molecule has 1 aromatic rings. The minimum absolute atomic E-state index is 0.290. The van der Waals surface area contributed by atoms with Crippen LogP contribution in [0.5, 0.6) is 5.75 Å². The summed E-state index contributed by atoms with van der Waals surface area (Å²) in [6.07, 6.45) is 10.2. The molecule has 28 heavy (non-hydrogen) atoms. The Bertz CT molecular complexity index is 742. The van der Waals surface area contributed by atoms with Gasteiger partial charge in [-0.25, -0.2) is 0 Å². The van der Waals surface area contributed by atoms with E-state index in [0.717, 1.165) is 43.1 Å². The Balaban J connectivity index is 1.17. The van der Waals surface area contributed by atoms with Crippen LogP contribution in [0, 0.1) is 23.7 Å². The molecule has 0 aromatic heterocycles. The fourth-order valence-corrected chi connectivity index (χ4v) is 7.21. The summed E-state index contributed by atoms with van der Waals surface area (Å²) in [6, 6.07) is 5.87. The van der Waals surface area contributed by atoms with E-state index < -0.39 is 11.6 Å². The first-order chi connectivity index (χ1) is 13.6. The molecule has 7 rings (SSSR count). The zero-order valence-corrected chi connectivity index (χ0v) is 16.4. The van der Waals surface area contributed by atoms with Crippen molar-refractivity contribution in [2.45, 2.75) is 81.8 Å². The molecule has 6 fully saturated rings. The van der Waals surface area contributed by atoms with Gasteiger partial charge in [-0.2, -0.15) is 9.78 Å². The van der Waals surface area contributed by atoms with Crippen LogP contribution >= 0.6 is 0 Å². The average Bonchev–Trinajstić information content (AvgIpc) is 3.07. The molecule has 0 radical (unpaired) electrons. The van der Waals surface area contributed by atoms with Crippen LogP contribution in [-0.4, -0.2) is 16.7 Å². The zero-order chi connectivity index (χ0) is 18.9. The van der Waals surface area contributed by atoms with Crippen molar-refractivity contribution in [3.05, 3.63) is 29.3 Å². The smallest absolute Gasteiger partial charge is 0.210 e. The van der Waals surface area contributed by atoms with Gasteiger partial charge in [-0.1, -0.05) is 12.1 Å². The highest BCUT2D eigenvalue weighted by molar-refractivity contribution is 5.37. The molecule has 5 aliphatic carbocycles. The number of phenols is 1. The van der Waals surface area contributed by atoms with Crippen molar-refractivity contribution in [3.63, 3.8) is 0 Å². The Kier molecular flexibility index (Phi) is 3.90. The minimum Gasteiger partial charge on any atom is -0.508 e. The van der Waals surface area contributed by atoms with Crippen molar-refractivity contribution in [2.75, 3.05) is 0 Å². The molecule has 5 saturated carbocycles. The van der Waals surface area contributed by atoms with Gasteiger partial charge in [0.2, 0.25) is 11.6 Å². The van der Waals surface area contributed by atoms with E-state index in [1.807, 2.05) is 6.07 Å². The van der Waals surface area contributed by atoms with Crippen LogP contribution in [0.3, 0.4) is 0 Å². The van der Waals surface area contributed by atoms with Crippen LogP contribution < -0.4 is 5.73 Å². The van der Waals surface area contributed by atoms with Crippen LogP contribution in [-0.2, 0) is 21.1 Å². The van der Waals surface area contributed by atoms with Crippen LogP contribution in [0.25, 0.3) is 0 Å². The first kappa shape index (κ1) is 17.7. The van der Waals surface area contributed by atoms with Gasteiger partial charge in [0.05, 0.1) is 0 Å². The van der Waals surface area contributed by atoms with Gasteiger partial charge in [-0.05, 0) is 74.3 Å². The highest BCUT2D eigenvalue weighted by Gasteiger charge is 2.66. The fourth-order valence-electron chi connectivity index (χ4n) is 7.21. The number of aromatic hydroxyl groups is 1. The summed E-state index contributed by atoms with van der Waals surface area (Å²) in [5.74, 6) is 2.54. The molecule has 0 amide bonds. The first-order valence-electron chi connectivity index (χ1n) is 11.2. The molecule has 152 valence electrons. The lowest BCUT2D eigenvalue weighted by molar-refractivity contribution is -0.390. The molecule has 5 nitrogen and oxygen atoms in total. The van der Waals surface area contributed by atoms with Gasteiger partial charge in [0, 0.05) is 36.8 Å². The Morgan fingerprint density at radius 1 is 0.964 bits per heavy atom. The van der Waals surface area contributed by atoms with E-state index in [4.69, 9.17) is 20.2 Å². The van der Waals surface area contributed by atoms with Gasteiger partial charge in [0.1, 0.15) is 5.75 Å². The molecule has 0 atom stereocenters. The maximum atomic E-state index is 9.91. The maximum Gasteiger partial charge on any atom is 0.210 e. The zero-order valence-electron chi connectivity index (χ0n) is 16.4. The topological polar surface area (TPSA) is 73.9 Å². The summed E-state index contributed by atoms with van der Waals surface area (Å²) in [5, 5.41) is 9.91. The van der Waals surface area contributed by atoms with Crippen LogP contribution in [0.15, 0.2) is 18.2 Å². The predicted octanol–water partition coefficient (Wildman–Crippen LogP) is 4.34. The predicted molar refractivity (Wildman–Crippen MR) is 103 cm³/mol. The molecule has 1 aliphatic heterocycles. The summed E-state index contributed by atoms with van der Waals surface area (Å²) >= 11 is 0. The Labute approximate surface area is 166 Å². The van der Waals surface area contributed by atoms with Gasteiger partial charge < -0.3 is 15.6 Å². The number of nitrogens with two attached hydrogens (primary N) is 1. The van der Waals surface area contributed by atoms with E-state index in [1.165, 1.54) is 37.7 Å². The van der Waals surface area contributed by atoms with Crippen LogP contribution in [0.4, 0.5) is 0 Å². The van der Waals surface area contributed by atoms with Gasteiger partial charge in [0.15, 0.2) is 0 Å². The first-order valence-corrected chi connectivity index (χ1v) is 11.2. The van der Waals surface area contributed by atoms with Crippen molar-refractivity contribution in [2.24, 2.45) is 29.4 Å². The van der Waals surface area contributed by atoms with E-state index in [0.29, 0.717) is 30.0 Å². The molecule has 3 N–H and O–H groups in total. The van der Waals surface area contributed by atoms with Crippen molar-refractivity contribution < 1.29 is 19.6 Å². The largest absolute Gasteiger partial charge is 0.508 e. The lowest BCUT2D eigenvalue weighted by Gasteiger charge is -2.57. The Morgan fingerprint density at radius 3 is 2.29 bits per heavy atom. The molecular formula is C23H31NO4. The summed E-state index contributed by atoms with van der Waals surface area (Å²) in [5.41, 5.74) is 7.85. The number of ether oxygens (including phenoxy) is 1. The fraction of sp³-hybridized carbons (Fsp3) is 0.739. The molecule has 5 heteroatoms. The van der Waals surface area contributed by atoms with E-state index in [2.05, 4.69) is 6.07 Å². The summed E-state index contributed by atoms with van der Waals surface area (Å²) in [4.78, 5) is 12.2. The van der Waals surface area contributed by atoms with E-state index in [1.54, 1.807) is 6.07 Å². The molecule has 6 aliphatic rings. The third-order valence-electron chi connectivity index (χ3n) is 8.49. The normalized spacial score (nSPS) is 46.7. The SMILES string of the molecule is NCc1cc([C@H]2CC[C@]3(CC2)OO[C@]2(O3)C3CC4CC(C3)CC2C4)ccc1O. The summed E-state index contributed by atoms with van der Waals surface area (Å²) in [7, 11) is 0. The lowest BCUT2D eigenvalue weighted by Crippen LogP contribution is -2.59.